The molecule has 0 fully saturated rings. The Morgan fingerprint density at radius 3 is 1.68 bits per heavy atom. The Hall–Kier alpha value is -2.36. The molecule has 0 saturated heterocycles. The predicted octanol–water partition coefficient (Wildman–Crippen LogP) is 4.72. The number of amides is 1. The summed E-state index contributed by atoms with van der Waals surface area (Å²) in [4.78, 5) is 15.2. The fourth-order valence-corrected chi connectivity index (χ4v) is 3.40. The van der Waals surface area contributed by atoms with E-state index in [4.69, 9.17) is 5.73 Å². The highest BCUT2D eigenvalue weighted by atomic mass is 35.5. The fraction of sp³-hybridized carbons (Fsp3) is 0.292. The normalized spacial score (nSPS) is 11.8. The standard InChI is InChI=1S/C24H30N2O.ClH/c1-3-5-18-26(19-6-4-2)20-17-24(23(25)27,21-13-9-7-10-14-21)22-15-11-8-12-16-22;/h3-16H,17-20H2,1-2H3,(H2,25,27);1H. The summed E-state index contributed by atoms with van der Waals surface area (Å²) in [6.07, 6.45) is 9.02. The van der Waals surface area contributed by atoms with Crippen LogP contribution in [0.4, 0.5) is 0 Å². The smallest absolute Gasteiger partial charge is 0.232 e. The van der Waals surface area contributed by atoms with Gasteiger partial charge in [0.15, 0.2) is 0 Å². The van der Waals surface area contributed by atoms with E-state index in [1.165, 1.54) is 0 Å². The summed E-state index contributed by atoms with van der Waals surface area (Å²) in [7, 11) is 0. The van der Waals surface area contributed by atoms with Gasteiger partial charge in [0.1, 0.15) is 0 Å². The molecule has 1 amide bonds. The van der Waals surface area contributed by atoms with Crippen molar-refractivity contribution < 1.29 is 4.79 Å². The zero-order valence-corrected chi connectivity index (χ0v) is 17.6. The number of allylic oxidation sites excluding steroid dienone is 2. The van der Waals surface area contributed by atoms with Gasteiger partial charge in [-0.05, 0) is 31.4 Å². The number of hydrogen-bond acceptors (Lipinski definition) is 2. The van der Waals surface area contributed by atoms with Crippen molar-refractivity contribution in [2.24, 2.45) is 5.73 Å². The van der Waals surface area contributed by atoms with Crippen LogP contribution in [0.3, 0.4) is 0 Å². The fourth-order valence-electron chi connectivity index (χ4n) is 3.40. The zero-order chi connectivity index (χ0) is 19.5. The Balaban J connectivity index is 0.00000392. The van der Waals surface area contributed by atoms with Crippen molar-refractivity contribution in [2.45, 2.75) is 25.7 Å². The third-order valence-electron chi connectivity index (χ3n) is 4.96. The molecule has 0 bridgehead atoms. The van der Waals surface area contributed by atoms with E-state index in [-0.39, 0.29) is 18.3 Å². The van der Waals surface area contributed by atoms with Crippen molar-refractivity contribution in [3.63, 3.8) is 0 Å². The first-order valence-electron chi connectivity index (χ1n) is 9.50. The van der Waals surface area contributed by atoms with Crippen LogP contribution in [0.2, 0.25) is 0 Å². The van der Waals surface area contributed by atoms with Crippen molar-refractivity contribution in [3.8, 4) is 0 Å². The number of primary amides is 1. The molecule has 0 saturated carbocycles. The minimum Gasteiger partial charge on any atom is -0.369 e. The Labute approximate surface area is 175 Å². The molecular formula is C24H31ClN2O. The van der Waals surface area contributed by atoms with E-state index in [0.717, 1.165) is 30.8 Å². The van der Waals surface area contributed by atoms with Gasteiger partial charge in [0, 0.05) is 19.6 Å². The molecule has 0 aromatic heterocycles. The highest BCUT2D eigenvalue weighted by Crippen LogP contribution is 2.35. The minimum atomic E-state index is -0.841. The molecule has 150 valence electrons. The van der Waals surface area contributed by atoms with Crippen LogP contribution in [0.1, 0.15) is 31.4 Å². The van der Waals surface area contributed by atoms with Gasteiger partial charge in [-0.3, -0.25) is 9.69 Å². The average Bonchev–Trinajstić information content (AvgIpc) is 2.71. The number of nitrogens with zero attached hydrogens (tertiary/aromatic N) is 1. The van der Waals surface area contributed by atoms with Crippen LogP contribution in [-0.4, -0.2) is 30.4 Å². The second-order valence-electron chi connectivity index (χ2n) is 6.65. The predicted molar refractivity (Wildman–Crippen MR) is 121 cm³/mol. The van der Waals surface area contributed by atoms with Gasteiger partial charge in [-0.2, -0.15) is 0 Å². The van der Waals surface area contributed by atoms with E-state index in [1.54, 1.807) is 0 Å². The number of carbonyl (C=O) groups excluding carboxylic acids is 1. The Kier molecular flexibility index (Phi) is 10.3. The van der Waals surface area contributed by atoms with Gasteiger partial charge in [0.2, 0.25) is 5.91 Å². The summed E-state index contributed by atoms with van der Waals surface area (Å²) in [5, 5.41) is 0. The van der Waals surface area contributed by atoms with Gasteiger partial charge in [-0.25, -0.2) is 0 Å². The molecule has 0 aliphatic heterocycles. The summed E-state index contributed by atoms with van der Waals surface area (Å²) in [5.74, 6) is -0.308. The monoisotopic (exact) mass is 398 g/mol. The highest BCUT2D eigenvalue weighted by Gasteiger charge is 2.40. The molecule has 2 aromatic rings. The van der Waals surface area contributed by atoms with Crippen LogP contribution in [-0.2, 0) is 10.2 Å². The lowest BCUT2D eigenvalue weighted by atomic mass is 9.71. The SMILES string of the molecule is CC=CCN(CC=CC)CCC(C(N)=O)(c1ccccc1)c1ccccc1.Cl. The molecule has 2 rings (SSSR count). The molecule has 28 heavy (non-hydrogen) atoms. The molecule has 0 unspecified atom stereocenters. The lowest BCUT2D eigenvalue weighted by Gasteiger charge is -2.34. The van der Waals surface area contributed by atoms with Gasteiger partial charge in [-0.15, -0.1) is 12.4 Å². The first kappa shape index (κ1) is 23.7. The summed E-state index contributed by atoms with van der Waals surface area (Å²) in [6.45, 7) is 6.50. The van der Waals surface area contributed by atoms with Crippen molar-refractivity contribution in [1.82, 2.24) is 4.90 Å². The van der Waals surface area contributed by atoms with Crippen LogP contribution >= 0.6 is 12.4 Å². The van der Waals surface area contributed by atoms with Crippen LogP contribution in [0.15, 0.2) is 85.0 Å². The number of hydrogen-bond donors (Lipinski definition) is 1. The molecular weight excluding hydrogens is 368 g/mol. The molecule has 0 aliphatic carbocycles. The summed E-state index contributed by atoms with van der Waals surface area (Å²) >= 11 is 0. The van der Waals surface area contributed by atoms with Gasteiger partial charge < -0.3 is 5.73 Å². The summed E-state index contributed by atoms with van der Waals surface area (Å²) < 4.78 is 0. The number of nitrogens with two attached hydrogens (primary N) is 1. The van der Waals surface area contributed by atoms with E-state index >= 15 is 0 Å². The van der Waals surface area contributed by atoms with E-state index in [1.807, 2.05) is 74.5 Å². The van der Waals surface area contributed by atoms with Gasteiger partial charge in [0.05, 0.1) is 5.41 Å². The quantitative estimate of drug-likeness (QED) is 0.588. The average molecular weight is 399 g/mol. The van der Waals surface area contributed by atoms with Crippen molar-refractivity contribution in [3.05, 3.63) is 96.1 Å². The maximum atomic E-state index is 12.8. The highest BCUT2D eigenvalue weighted by molar-refractivity contribution is 5.90. The summed E-state index contributed by atoms with van der Waals surface area (Å²) in [5.41, 5.74) is 7.09. The lowest BCUT2D eigenvalue weighted by molar-refractivity contribution is -0.122. The van der Waals surface area contributed by atoms with Crippen molar-refractivity contribution in [2.75, 3.05) is 19.6 Å². The Morgan fingerprint density at radius 1 is 0.893 bits per heavy atom. The molecule has 0 aliphatic rings. The van der Waals surface area contributed by atoms with Crippen LogP contribution in [0, 0.1) is 0 Å². The number of benzene rings is 2. The van der Waals surface area contributed by atoms with Crippen molar-refractivity contribution in [1.29, 1.82) is 0 Å². The second kappa shape index (κ2) is 12.2. The molecule has 2 N–H and O–H groups in total. The van der Waals surface area contributed by atoms with Crippen molar-refractivity contribution >= 4 is 18.3 Å². The van der Waals surface area contributed by atoms with Gasteiger partial charge in [0.25, 0.3) is 0 Å². The number of halogens is 1. The Morgan fingerprint density at radius 2 is 1.32 bits per heavy atom. The minimum absolute atomic E-state index is 0. The number of carbonyl (C=O) groups is 1. The van der Waals surface area contributed by atoms with Crippen LogP contribution in [0.25, 0.3) is 0 Å². The molecule has 0 heterocycles. The maximum absolute atomic E-state index is 12.8. The first-order chi connectivity index (χ1) is 13.1. The third-order valence-corrected chi connectivity index (χ3v) is 4.96. The molecule has 2 aromatic carbocycles. The van der Waals surface area contributed by atoms with Crippen LogP contribution in [0.5, 0.6) is 0 Å². The third kappa shape index (κ3) is 5.82. The largest absolute Gasteiger partial charge is 0.369 e. The van der Waals surface area contributed by atoms with Gasteiger partial charge >= 0.3 is 0 Å². The zero-order valence-electron chi connectivity index (χ0n) is 16.8. The van der Waals surface area contributed by atoms with E-state index in [9.17, 15) is 4.79 Å². The van der Waals surface area contributed by atoms with Gasteiger partial charge in [-0.1, -0.05) is 85.0 Å². The molecule has 0 atom stereocenters. The topological polar surface area (TPSA) is 46.3 Å². The second-order valence-corrected chi connectivity index (χ2v) is 6.65. The van der Waals surface area contributed by atoms with E-state index < -0.39 is 5.41 Å². The van der Waals surface area contributed by atoms with E-state index in [2.05, 4.69) is 29.2 Å². The summed E-state index contributed by atoms with van der Waals surface area (Å²) in [6, 6.07) is 19.8. The van der Waals surface area contributed by atoms with Crippen LogP contribution < -0.4 is 5.73 Å². The Bertz CT molecular complexity index is 703. The molecule has 4 heteroatoms. The number of rotatable bonds is 10. The lowest BCUT2D eigenvalue weighted by Crippen LogP contribution is -2.45. The molecule has 0 spiro atoms. The maximum Gasteiger partial charge on any atom is 0.232 e. The first-order valence-corrected chi connectivity index (χ1v) is 9.50. The van der Waals surface area contributed by atoms with E-state index in [0.29, 0.717) is 6.42 Å². The molecule has 3 nitrogen and oxygen atoms in total. The molecule has 0 radical (unpaired) electrons.